The van der Waals surface area contributed by atoms with Crippen LogP contribution in [0.3, 0.4) is 0 Å². The molecule has 7 nitrogen and oxygen atoms in total. The van der Waals surface area contributed by atoms with Gasteiger partial charge >= 0.3 is 5.97 Å². The summed E-state index contributed by atoms with van der Waals surface area (Å²) in [6, 6.07) is 10.8. The van der Waals surface area contributed by atoms with Crippen LogP contribution in [0.5, 0.6) is 23.0 Å². The summed E-state index contributed by atoms with van der Waals surface area (Å²) in [5, 5.41) is 0. The summed E-state index contributed by atoms with van der Waals surface area (Å²) in [5.74, 6) is 2.26. The smallest absolute Gasteiger partial charge is 0.363 e. The third-order valence-corrected chi connectivity index (χ3v) is 4.53. The maximum atomic E-state index is 12.3. The van der Waals surface area contributed by atoms with Gasteiger partial charge in [0.15, 0.2) is 17.2 Å². The lowest BCUT2D eigenvalue weighted by molar-refractivity contribution is -0.130. The van der Waals surface area contributed by atoms with E-state index in [2.05, 4.69) is 4.99 Å². The zero-order valence-electron chi connectivity index (χ0n) is 16.2. The van der Waals surface area contributed by atoms with E-state index in [1.807, 2.05) is 24.3 Å². The number of methoxy groups -OCH3 is 3. The molecule has 0 spiro atoms. The number of carbonyl (C=O) groups is 1. The van der Waals surface area contributed by atoms with Crippen LogP contribution in [0, 0.1) is 0 Å². The number of ether oxygens (including phenoxy) is 5. The fraction of sp³-hybridized carbons (Fsp3) is 0.182. The van der Waals surface area contributed by atoms with Crippen LogP contribution in [0.4, 0.5) is 0 Å². The second-order valence-corrected chi connectivity index (χ2v) is 6.32. The lowest BCUT2D eigenvalue weighted by atomic mass is 10.1. The maximum absolute atomic E-state index is 12.3. The normalized spacial score (nSPS) is 16.4. The largest absolute Gasteiger partial charge is 0.497 e. The van der Waals surface area contributed by atoms with Crippen molar-refractivity contribution in [1.82, 2.24) is 0 Å². The first kappa shape index (κ1) is 18.6. The molecule has 29 heavy (non-hydrogen) atoms. The van der Waals surface area contributed by atoms with Gasteiger partial charge in [-0.15, -0.1) is 0 Å². The van der Waals surface area contributed by atoms with Gasteiger partial charge in [-0.1, -0.05) is 0 Å². The van der Waals surface area contributed by atoms with Crippen LogP contribution in [-0.2, 0) is 9.53 Å². The van der Waals surface area contributed by atoms with E-state index in [-0.39, 0.29) is 11.6 Å². The SMILES string of the molecule is COc1ccc2c(c1)OCC(C=C1N=C(c3ccc(OC)c(OC)c3)OC1=O)=C2. The average Bonchev–Trinajstić information content (AvgIpc) is 3.12. The molecule has 0 saturated heterocycles. The number of benzene rings is 2. The summed E-state index contributed by atoms with van der Waals surface area (Å²) in [6.45, 7) is 0.318. The molecule has 2 aliphatic heterocycles. The second-order valence-electron chi connectivity index (χ2n) is 6.32. The molecule has 0 bridgehead atoms. The highest BCUT2D eigenvalue weighted by Gasteiger charge is 2.26. The first-order chi connectivity index (χ1) is 14.1. The first-order valence-corrected chi connectivity index (χ1v) is 8.87. The number of esters is 1. The third kappa shape index (κ3) is 3.67. The van der Waals surface area contributed by atoms with E-state index in [1.54, 1.807) is 45.6 Å². The van der Waals surface area contributed by atoms with E-state index in [0.29, 0.717) is 23.7 Å². The lowest BCUT2D eigenvalue weighted by Crippen LogP contribution is -2.08. The number of carbonyl (C=O) groups excluding carboxylic acids is 1. The van der Waals surface area contributed by atoms with E-state index >= 15 is 0 Å². The van der Waals surface area contributed by atoms with Crippen molar-refractivity contribution in [3.8, 4) is 23.0 Å². The predicted octanol–water partition coefficient (Wildman–Crippen LogP) is 3.38. The Bertz CT molecular complexity index is 1070. The van der Waals surface area contributed by atoms with Crippen molar-refractivity contribution in [2.45, 2.75) is 0 Å². The molecule has 0 unspecified atom stereocenters. The van der Waals surface area contributed by atoms with Crippen molar-refractivity contribution >= 4 is 17.9 Å². The Morgan fingerprint density at radius 2 is 1.83 bits per heavy atom. The third-order valence-electron chi connectivity index (χ3n) is 4.53. The topological polar surface area (TPSA) is 75.6 Å². The van der Waals surface area contributed by atoms with Gasteiger partial charge in [0, 0.05) is 17.2 Å². The minimum absolute atomic E-state index is 0.210. The number of nitrogens with zero attached hydrogens (tertiary/aromatic N) is 1. The fourth-order valence-corrected chi connectivity index (χ4v) is 3.05. The molecule has 0 fully saturated rings. The molecule has 0 saturated carbocycles. The van der Waals surface area contributed by atoms with E-state index < -0.39 is 5.97 Å². The number of hydrogen-bond donors (Lipinski definition) is 0. The standard InChI is InChI=1S/C22H19NO6/c1-25-16-6-4-14-8-13(12-28-19(14)11-16)9-17-22(24)29-21(23-17)15-5-7-18(26-2)20(10-15)27-3/h4-11H,12H2,1-3H3. The predicted molar refractivity (Wildman–Crippen MR) is 107 cm³/mol. The Labute approximate surface area is 167 Å². The molecule has 0 N–H and O–H groups in total. The summed E-state index contributed by atoms with van der Waals surface area (Å²) in [7, 11) is 4.70. The highest BCUT2D eigenvalue weighted by molar-refractivity contribution is 6.11. The van der Waals surface area contributed by atoms with Crippen LogP contribution in [0.1, 0.15) is 11.1 Å². The number of aliphatic imine (C=N–C) groups is 1. The Hall–Kier alpha value is -3.74. The fourth-order valence-electron chi connectivity index (χ4n) is 3.05. The molecular formula is C22H19NO6. The molecule has 0 amide bonds. The van der Waals surface area contributed by atoms with Crippen molar-refractivity contribution in [3.05, 3.63) is 64.9 Å². The van der Waals surface area contributed by atoms with Gasteiger partial charge < -0.3 is 23.7 Å². The van der Waals surface area contributed by atoms with E-state index in [1.165, 1.54) is 0 Å². The number of hydrogen-bond acceptors (Lipinski definition) is 7. The van der Waals surface area contributed by atoms with Crippen LogP contribution in [0.2, 0.25) is 0 Å². The Morgan fingerprint density at radius 3 is 2.59 bits per heavy atom. The van der Waals surface area contributed by atoms with E-state index in [0.717, 1.165) is 22.6 Å². The van der Waals surface area contributed by atoms with Gasteiger partial charge in [0.25, 0.3) is 0 Å². The molecule has 4 rings (SSSR count). The van der Waals surface area contributed by atoms with Gasteiger partial charge in [-0.05, 0) is 48.1 Å². The van der Waals surface area contributed by atoms with Crippen LogP contribution < -0.4 is 18.9 Å². The summed E-state index contributed by atoms with van der Waals surface area (Å²) in [4.78, 5) is 16.6. The van der Waals surface area contributed by atoms with Crippen LogP contribution in [0.25, 0.3) is 6.08 Å². The van der Waals surface area contributed by atoms with Crippen molar-refractivity contribution in [2.75, 3.05) is 27.9 Å². The number of rotatable bonds is 5. The molecule has 2 heterocycles. The Balaban J connectivity index is 1.62. The Morgan fingerprint density at radius 1 is 1.00 bits per heavy atom. The minimum atomic E-state index is -0.517. The van der Waals surface area contributed by atoms with Gasteiger partial charge in [0.1, 0.15) is 18.1 Å². The van der Waals surface area contributed by atoms with E-state index in [4.69, 9.17) is 23.7 Å². The molecule has 2 aromatic carbocycles. The lowest BCUT2D eigenvalue weighted by Gasteiger charge is -2.16. The van der Waals surface area contributed by atoms with Gasteiger partial charge in [-0.25, -0.2) is 9.79 Å². The second kappa shape index (κ2) is 7.71. The van der Waals surface area contributed by atoms with Crippen molar-refractivity contribution in [2.24, 2.45) is 4.99 Å². The molecule has 148 valence electrons. The van der Waals surface area contributed by atoms with Crippen LogP contribution >= 0.6 is 0 Å². The summed E-state index contributed by atoms with van der Waals surface area (Å²) < 4.78 is 26.8. The molecular weight excluding hydrogens is 374 g/mol. The van der Waals surface area contributed by atoms with Crippen molar-refractivity contribution in [1.29, 1.82) is 0 Å². The monoisotopic (exact) mass is 393 g/mol. The molecule has 2 aliphatic rings. The van der Waals surface area contributed by atoms with Crippen LogP contribution in [0.15, 0.2) is 58.7 Å². The summed E-state index contributed by atoms with van der Waals surface area (Å²) in [5.41, 5.74) is 2.54. The zero-order chi connectivity index (χ0) is 20.4. The molecule has 7 heteroatoms. The molecule has 0 aliphatic carbocycles. The highest BCUT2D eigenvalue weighted by atomic mass is 16.6. The molecule has 0 aromatic heterocycles. The molecule has 0 atom stereocenters. The van der Waals surface area contributed by atoms with Gasteiger partial charge in [0.05, 0.1) is 21.3 Å². The van der Waals surface area contributed by atoms with Gasteiger partial charge in [-0.2, -0.15) is 0 Å². The molecule has 0 radical (unpaired) electrons. The average molecular weight is 393 g/mol. The Kier molecular flexibility index (Phi) is 4.95. The quantitative estimate of drug-likeness (QED) is 0.573. The minimum Gasteiger partial charge on any atom is -0.497 e. The van der Waals surface area contributed by atoms with E-state index in [9.17, 15) is 4.79 Å². The van der Waals surface area contributed by atoms with Crippen LogP contribution in [-0.4, -0.2) is 39.8 Å². The number of cyclic esters (lactones) is 1. The number of fused-ring (bicyclic) bond motifs is 1. The van der Waals surface area contributed by atoms with Crippen molar-refractivity contribution in [3.63, 3.8) is 0 Å². The first-order valence-electron chi connectivity index (χ1n) is 8.87. The molecule has 2 aromatic rings. The van der Waals surface area contributed by atoms with Gasteiger partial charge in [-0.3, -0.25) is 0 Å². The summed E-state index contributed by atoms with van der Waals surface area (Å²) in [6.07, 6.45) is 3.62. The highest BCUT2D eigenvalue weighted by Crippen LogP contribution is 2.32. The zero-order valence-corrected chi connectivity index (χ0v) is 16.2. The maximum Gasteiger partial charge on any atom is 0.363 e. The van der Waals surface area contributed by atoms with Gasteiger partial charge in [0.2, 0.25) is 5.90 Å². The summed E-state index contributed by atoms with van der Waals surface area (Å²) >= 11 is 0. The van der Waals surface area contributed by atoms with Crippen molar-refractivity contribution < 1.29 is 28.5 Å².